The number of fused-ring (bicyclic) bond motifs is 5. The van der Waals surface area contributed by atoms with Crippen LogP contribution >= 0.6 is 0 Å². The normalized spacial score (nSPS) is 26.1. The Morgan fingerprint density at radius 2 is 1.68 bits per heavy atom. The SMILES string of the molecule is COc1ccc(N2C(=O)[C@@H]3[C@@H](C2=O)[C@@]2(N[C@@H]3Cc3c[nH]c4ccccc34)C(=O)Nc3ccccc32)cc1. The molecule has 3 amide bonds. The number of hydrogen-bond donors (Lipinski definition) is 3. The van der Waals surface area contributed by atoms with E-state index in [1.807, 2.05) is 54.7 Å². The molecule has 1 spiro atoms. The summed E-state index contributed by atoms with van der Waals surface area (Å²) in [5.41, 5.74) is 2.53. The standard InChI is InChI=1S/C29H24N4O4/c1-37-18-12-10-17(11-13-18)33-26(34)24-23(14-16-15-30-21-8-4-2-6-19(16)21)32-29(25(24)27(33)35)20-7-3-5-9-22(20)31-28(29)36/h2-13,15,23-25,30,32H,14H2,1H3,(H,31,36)/t23-,24+,25+,29-/m1/s1. The predicted octanol–water partition coefficient (Wildman–Crippen LogP) is 3.34. The number of aromatic amines is 1. The van der Waals surface area contributed by atoms with Crippen LogP contribution in [0.15, 0.2) is 79.0 Å². The Bertz CT molecular complexity index is 1590. The van der Waals surface area contributed by atoms with E-state index < -0.39 is 23.4 Å². The van der Waals surface area contributed by atoms with Gasteiger partial charge in [0, 0.05) is 34.4 Å². The van der Waals surface area contributed by atoms with Crippen molar-refractivity contribution in [1.29, 1.82) is 0 Å². The van der Waals surface area contributed by atoms with Crippen LogP contribution in [0.3, 0.4) is 0 Å². The van der Waals surface area contributed by atoms with E-state index in [0.717, 1.165) is 16.5 Å². The van der Waals surface area contributed by atoms with Crippen LogP contribution in [0.5, 0.6) is 5.75 Å². The molecule has 8 nitrogen and oxygen atoms in total. The highest BCUT2D eigenvalue weighted by Crippen LogP contribution is 2.54. The van der Waals surface area contributed by atoms with Crippen LogP contribution in [-0.2, 0) is 26.3 Å². The van der Waals surface area contributed by atoms with E-state index in [0.29, 0.717) is 29.1 Å². The fraction of sp³-hybridized carbons (Fsp3) is 0.207. The fourth-order valence-electron chi connectivity index (χ4n) is 6.46. The fourth-order valence-corrected chi connectivity index (χ4v) is 6.46. The average molecular weight is 493 g/mol. The summed E-state index contributed by atoms with van der Waals surface area (Å²) in [4.78, 5) is 46.3. The van der Waals surface area contributed by atoms with Gasteiger partial charge in [-0.3, -0.25) is 19.7 Å². The summed E-state index contributed by atoms with van der Waals surface area (Å²) in [5, 5.41) is 7.52. The van der Waals surface area contributed by atoms with E-state index in [-0.39, 0.29) is 17.7 Å². The van der Waals surface area contributed by atoms with Gasteiger partial charge in [-0.1, -0.05) is 36.4 Å². The van der Waals surface area contributed by atoms with Crippen molar-refractivity contribution in [2.45, 2.75) is 18.0 Å². The smallest absolute Gasteiger partial charge is 0.250 e. The molecule has 3 N–H and O–H groups in total. The molecule has 37 heavy (non-hydrogen) atoms. The molecule has 0 aliphatic carbocycles. The number of nitrogens with one attached hydrogen (secondary N) is 3. The van der Waals surface area contributed by atoms with Crippen molar-refractivity contribution in [2.24, 2.45) is 11.8 Å². The van der Waals surface area contributed by atoms with Crippen LogP contribution in [0, 0.1) is 11.8 Å². The molecule has 8 heteroatoms. The molecule has 7 rings (SSSR count). The molecule has 4 heterocycles. The van der Waals surface area contributed by atoms with Crippen molar-refractivity contribution >= 4 is 40.0 Å². The molecule has 3 aromatic carbocycles. The van der Waals surface area contributed by atoms with Crippen molar-refractivity contribution in [2.75, 3.05) is 17.3 Å². The van der Waals surface area contributed by atoms with Crippen molar-refractivity contribution < 1.29 is 19.1 Å². The highest BCUT2D eigenvalue weighted by molar-refractivity contribution is 6.25. The number of hydrogen-bond acceptors (Lipinski definition) is 5. The Balaban J connectivity index is 1.36. The van der Waals surface area contributed by atoms with Gasteiger partial charge in [0.2, 0.25) is 17.7 Å². The molecular formula is C29H24N4O4. The third-order valence-electron chi connectivity index (χ3n) is 8.07. The lowest BCUT2D eigenvalue weighted by Gasteiger charge is -2.29. The maximum absolute atomic E-state index is 14.1. The zero-order valence-electron chi connectivity index (χ0n) is 20.0. The van der Waals surface area contributed by atoms with Crippen LogP contribution in [0.2, 0.25) is 0 Å². The molecular weight excluding hydrogens is 468 g/mol. The number of aromatic nitrogens is 1. The third-order valence-corrected chi connectivity index (χ3v) is 8.07. The summed E-state index contributed by atoms with van der Waals surface area (Å²) >= 11 is 0. The van der Waals surface area contributed by atoms with Gasteiger partial charge in [0.25, 0.3) is 0 Å². The number of benzene rings is 3. The van der Waals surface area contributed by atoms with Gasteiger partial charge < -0.3 is 15.0 Å². The monoisotopic (exact) mass is 492 g/mol. The van der Waals surface area contributed by atoms with Crippen molar-refractivity contribution in [3.63, 3.8) is 0 Å². The molecule has 1 aromatic heterocycles. The molecule has 4 aromatic rings. The first kappa shape index (κ1) is 21.8. The second kappa shape index (κ2) is 7.78. The minimum absolute atomic E-state index is 0.299. The minimum Gasteiger partial charge on any atom is -0.497 e. The Kier molecular flexibility index (Phi) is 4.59. The molecule has 3 aliphatic rings. The van der Waals surface area contributed by atoms with Gasteiger partial charge in [0.15, 0.2) is 0 Å². The Morgan fingerprint density at radius 3 is 2.49 bits per heavy atom. The van der Waals surface area contributed by atoms with Gasteiger partial charge >= 0.3 is 0 Å². The first-order valence-corrected chi connectivity index (χ1v) is 12.3. The molecule has 2 fully saturated rings. The van der Waals surface area contributed by atoms with Gasteiger partial charge in [0.05, 0.1) is 24.6 Å². The lowest BCUT2D eigenvalue weighted by Crippen LogP contribution is -2.53. The first-order chi connectivity index (χ1) is 18.0. The number of rotatable bonds is 4. The van der Waals surface area contributed by atoms with Crippen molar-refractivity contribution in [1.82, 2.24) is 10.3 Å². The number of anilines is 2. The number of ether oxygens (including phenoxy) is 1. The summed E-state index contributed by atoms with van der Waals surface area (Å²) in [6.07, 6.45) is 2.43. The van der Waals surface area contributed by atoms with Crippen LogP contribution in [-0.4, -0.2) is 35.9 Å². The zero-order valence-corrected chi connectivity index (χ0v) is 20.0. The van der Waals surface area contributed by atoms with E-state index in [9.17, 15) is 14.4 Å². The highest BCUT2D eigenvalue weighted by Gasteiger charge is 2.70. The van der Waals surface area contributed by atoms with Crippen molar-refractivity contribution in [3.8, 4) is 5.75 Å². The van der Waals surface area contributed by atoms with Crippen molar-refractivity contribution in [3.05, 3.63) is 90.1 Å². The van der Waals surface area contributed by atoms with E-state index >= 15 is 0 Å². The summed E-state index contributed by atoms with van der Waals surface area (Å²) < 4.78 is 5.25. The lowest BCUT2D eigenvalue weighted by atomic mass is 9.76. The number of amides is 3. The number of nitrogens with zero attached hydrogens (tertiary/aromatic N) is 1. The maximum atomic E-state index is 14.1. The number of imide groups is 1. The van der Waals surface area contributed by atoms with Gasteiger partial charge in [-0.25, -0.2) is 4.90 Å². The quantitative estimate of drug-likeness (QED) is 0.379. The van der Waals surface area contributed by atoms with Gasteiger partial charge in [-0.15, -0.1) is 0 Å². The average Bonchev–Trinajstić information content (AvgIpc) is 3.63. The van der Waals surface area contributed by atoms with Crippen LogP contribution in [0.4, 0.5) is 11.4 Å². The maximum Gasteiger partial charge on any atom is 0.250 e. The van der Waals surface area contributed by atoms with Gasteiger partial charge in [0.1, 0.15) is 11.3 Å². The minimum atomic E-state index is -1.33. The summed E-state index contributed by atoms with van der Waals surface area (Å²) in [6.45, 7) is 0. The Hall–Kier alpha value is -4.43. The molecule has 0 saturated carbocycles. The molecule has 3 aliphatic heterocycles. The Labute approximate surface area is 212 Å². The van der Waals surface area contributed by atoms with Crippen LogP contribution < -0.4 is 20.3 Å². The predicted molar refractivity (Wildman–Crippen MR) is 138 cm³/mol. The second-order valence-corrected chi connectivity index (χ2v) is 9.84. The molecule has 184 valence electrons. The topological polar surface area (TPSA) is 104 Å². The molecule has 0 bridgehead atoms. The summed E-state index contributed by atoms with van der Waals surface area (Å²) in [6, 6.07) is 21.8. The number of H-pyrrole nitrogens is 1. The van der Waals surface area contributed by atoms with Gasteiger partial charge in [-0.05, 0) is 48.4 Å². The van der Waals surface area contributed by atoms with E-state index in [4.69, 9.17) is 4.74 Å². The molecule has 4 atom stereocenters. The molecule has 0 radical (unpaired) electrons. The zero-order chi connectivity index (χ0) is 25.3. The van der Waals surface area contributed by atoms with E-state index in [1.54, 1.807) is 31.4 Å². The third kappa shape index (κ3) is 2.90. The van der Waals surface area contributed by atoms with Crippen LogP contribution in [0.1, 0.15) is 11.1 Å². The number of carbonyl (C=O) groups is 3. The largest absolute Gasteiger partial charge is 0.497 e. The first-order valence-electron chi connectivity index (χ1n) is 12.3. The molecule has 0 unspecified atom stereocenters. The Morgan fingerprint density at radius 1 is 0.919 bits per heavy atom. The molecule has 2 saturated heterocycles. The summed E-state index contributed by atoms with van der Waals surface area (Å²) in [5.74, 6) is -1.93. The number of carbonyl (C=O) groups excluding carboxylic acids is 3. The highest BCUT2D eigenvalue weighted by atomic mass is 16.5. The van der Waals surface area contributed by atoms with Crippen LogP contribution in [0.25, 0.3) is 10.9 Å². The number of methoxy groups -OCH3 is 1. The van der Waals surface area contributed by atoms with Gasteiger partial charge in [-0.2, -0.15) is 0 Å². The second-order valence-electron chi connectivity index (χ2n) is 9.84. The van der Waals surface area contributed by atoms with E-state index in [1.165, 1.54) is 4.90 Å². The lowest BCUT2D eigenvalue weighted by molar-refractivity contribution is -0.130. The number of para-hydroxylation sites is 2. The van der Waals surface area contributed by atoms with E-state index in [2.05, 4.69) is 15.6 Å². The summed E-state index contributed by atoms with van der Waals surface area (Å²) in [7, 11) is 1.56.